The van der Waals surface area contributed by atoms with Crippen molar-refractivity contribution in [2.45, 2.75) is 171 Å². The molecule has 11 rings (SSSR count). The van der Waals surface area contributed by atoms with Crippen molar-refractivity contribution in [2.24, 2.45) is 17.4 Å². The Hall–Kier alpha value is -10.5. The maximum absolute atomic E-state index is 16.1. The quantitative estimate of drug-likeness (QED) is 0.0275. The molecule has 0 spiro atoms. The average molecular weight is 1730 g/mol. The van der Waals surface area contributed by atoms with Crippen molar-refractivity contribution in [3.63, 3.8) is 0 Å². The van der Waals surface area contributed by atoms with Crippen LogP contribution in [0.2, 0.25) is 20.1 Å². The molecule has 638 valence electrons. The third-order valence-corrected chi connectivity index (χ3v) is 21.3. The number of nitrogens with one attached hydrogen (secondary N) is 8. The van der Waals surface area contributed by atoms with Crippen molar-refractivity contribution in [2.75, 3.05) is 26.0 Å². The molecule has 10 unspecified atom stereocenters. The van der Waals surface area contributed by atoms with E-state index in [1.807, 2.05) is 13.8 Å². The number of aliphatic hydroxyl groups excluding tert-OH is 6. The molecule has 0 aliphatic carbocycles. The molecule has 4 aliphatic heterocycles. The fraction of sp³-hybridized carbons (Fsp3) is 0.383. The summed E-state index contributed by atoms with van der Waals surface area (Å²) >= 11 is 26.6. The van der Waals surface area contributed by atoms with Gasteiger partial charge in [-0.05, 0) is 152 Å². The highest BCUT2D eigenvalue weighted by atomic mass is 35.5. The molecular formula is C81H92Cl4N10O24. The number of hydrogen-bond acceptors (Lipinski definition) is 26. The number of nitrogens with two attached hydrogens (primary N) is 2. The molecule has 0 saturated carbocycles. The van der Waals surface area contributed by atoms with Crippen molar-refractivity contribution in [3.8, 4) is 62.9 Å². The number of phenols is 3. The van der Waals surface area contributed by atoms with E-state index in [0.29, 0.717) is 27.0 Å². The molecule has 4 bridgehead atoms. The van der Waals surface area contributed by atoms with Gasteiger partial charge in [-0.25, -0.2) is 0 Å². The van der Waals surface area contributed by atoms with E-state index in [0.717, 1.165) is 62.5 Å². The first kappa shape index (κ1) is 90.8. The molecule has 2 fully saturated rings. The molecule has 7 aromatic carbocycles. The van der Waals surface area contributed by atoms with E-state index in [1.165, 1.54) is 44.3 Å². The Morgan fingerprint density at radius 2 is 1.45 bits per heavy atom. The number of phenolic OH excluding ortho intramolecular Hbond substituents is 3. The van der Waals surface area contributed by atoms with Crippen LogP contribution in [0.4, 0.5) is 5.69 Å². The normalized spacial score (nSPS) is 23.6. The zero-order valence-corrected chi connectivity index (χ0v) is 68.2. The van der Waals surface area contributed by atoms with E-state index in [2.05, 4.69) is 42.5 Å². The van der Waals surface area contributed by atoms with Crippen LogP contribution >= 0.6 is 46.4 Å². The molecule has 7 aromatic rings. The lowest BCUT2D eigenvalue weighted by Gasteiger charge is -2.48. The lowest BCUT2D eigenvalue weighted by Crippen LogP contribution is -2.64. The lowest BCUT2D eigenvalue weighted by atomic mass is 9.84. The van der Waals surface area contributed by atoms with Crippen molar-refractivity contribution >= 4 is 99.3 Å². The minimum Gasteiger partial charge on any atom is -0.508 e. The number of primary amides is 2. The van der Waals surface area contributed by atoms with Crippen LogP contribution in [0.1, 0.15) is 125 Å². The summed E-state index contributed by atoms with van der Waals surface area (Å²) in [6.45, 7) is 8.46. The van der Waals surface area contributed by atoms with E-state index in [1.54, 1.807) is 56.3 Å². The fourth-order valence-corrected chi connectivity index (χ4v) is 14.7. The fourth-order valence-electron chi connectivity index (χ4n) is 13.9. The number of benzene rings is 7. The largest absolute Gasteiger partial charge is 0.508 e. The third kappa shape index (κ3) is 21.7. The highest BCUT2D eigenvalue weighted by Gasteiger charge is 2.52. The molecule has 0 radical (unpaired) electrons. The zero-order valence-electron chi connectivity index (χ0n) is 65.2. The molecule has 38 heteroatoms. The Morgan fingerprint density at radius 1 is 0.723 bits per heavy atom. The first-order valence-corrected chi connectivity index (χ1v) is 38.9. The summed E-state index contributed by atoms with van der Waals surface area (Å²) in [5.74, 6) is -13.5. The third-order valence-electron chi connectivity index (χ3n) is 20.0. The second kappa shape index (κ2) is 39.1. The van der Waals surface area contributed by atoms with Crippen LogP contribution in [-0.4, -0.2) is 187 Å². The van der Waals surface area contributed by atoms with Gasteiger partial charge in [-0.2, -0.15) is 0 Å². The number of hydrogen-bond donors (Lipinski definition) is 19. The van der Waals surface area contributed by atoms with Crippen LogP contribution < -0.4 is 72.9 Å². The van der Waals surface area contributed by atoms with Gasteiger partial charge in [-0.3, -0.25) is 38.4 Å². The van der Waals surface area contributed by atoms with Gasteiger partial charge < -0.3 is 133 Å². The summed E-state index contributed by atoms with van der Waals surface area (Å²) in [5.41, 5.74) is 9.56. The van der Waals surface area contributed by atoms with E-state index >= 15 is 9.59 Å². The highest BCUT2D eigenvalue weighted by Crippen LogP contribution is 2.50. The van der Waals surface area contributed by atoms with Gasteiger partial charge >= 0.3 is 0 Å². The van der Waals surface area contributed by atoms with Crippen LogP contribution in [0.3, 0.4) is 0 Å². The van der Waals surface area contributed by atoms with Crippen molar-refractivity contribution < 1.29 is 117 Å². The molecule has 8 amide bonds. The Balaban J connectivity index is 1.16. The number of anilines is 1. The summed E-state index contributed by atoms with van der Waals surface area (Å²) in [6, 6.07) is 15.3. The average Bonchev–Trinajstić information content (AvgIpc) is 0.771. The summed E-state index contributed by atoms with van der Waals surface area (Å²) in [6.07, 6.45) is -17.8. The maximum atomic E-state index is 16.1. The number of likely N-dealkylation sites (N-methyl/N-ethyl adjacent to an activating group) is 2. The Morgan fingerprint density at radius 3 is 2.10 bits per heavy atom. The standard InChI is InChI=1S/C81H92Cl4N10O24/c1-34(2)20-52(88-7)75(108)94-67-68(103)41-15-19-57(51(85)24-41)116-59-26-42(65(92-76(109)53(30-61(86)102)91-79(67)112)78(111)93-64(77(110)89-8)40-13-17-54(100)46(22-40)63-47(28-44(99)29-55(63)101)66(74(87)107)90-37(5)98)25-58(115-56-18-14-39(35(3)97)23-50(56)84)71(59)119-80-72(70(105)69(104)60(32-96)117-80)118-62-31-81(6,73(106)36(4)114-62)95-43-10-9-11-45(27-43)113-33-38-12-16-48(82)49(83)21-38/h9-19,21-29,34-36,52-53,60,62,64-70,72-73,80,88,95-97,99-101,103-106H,20,30-33H2,1-8H3,(H2,86,102)(H2,87,107)(H,89,110)(H,90,98)(H,91,112)(H,92,109)(H,93,111)(H,94,108)/t35-,36?,52+,53-,60?,62?,64?,65+,66-,67+,68+,69?,70?,72?,73?,80?,81?/m0/s1. The number of halogens is 4. The van der Waals surface area contributed by atoms with Gasteiger partial charge in [-0.1, -0.05) is 90.6 Å². The molecule has 17 atom stereocenters. The lowest BCUT2D eigenvalue weighted by molar-refractivity contribution is -0.332. The number of aromatic hydroxyl groups is 3. The highest BCUT2D eigenvalue weighted by molar-refractivity contribution is 6.42. The predicted molar refractivity (Wildman–Crippen MR) is 431 cm³/mol. The number of carbonyl (C=O) groups is 8. The Kier molecular flexibility index (Phi) is 29.8. The van der Waals surface area contributed by atoms with Gasteiger partial charge in [0.25, 0.3) is 0 Å². The molecule has 34 nitrogen and oxygen atoms in total. The number of carbonyl (C=O) groups excluding carboxylic acids is 8. The molecule has 2 saturated heterocycles. The Bertz CT molecular complexity index is 4950. The number of rotatable bonds is 28. The first-order chi connectivity index (χ1) is 56.3. The Labute approximate surface area is 702 Å². The van der Waals surface area contributed by atoms with Crippen molar-refractivity contribution in [1.82, 2.24) is 37.2 Å². The maximum Gasteiger partial charge on any atom is 0.248 e. The number of amides is 8. The van der Waals surface area contributed by atoms with Crippen LogP contribution in [0.15, 0.2) is 121 Å². The number of aliphatic hydroxyl groups is 6. The molecule has 4 aliphatic rings. The first-order valence-electron chi connectivity index (χ1n) is 37.3. The van der Waals surface area contributed by atoms with Gasteiger partial charge in [0.1, 0.15) is 102 Å². The van der Waals surface area contributed by atoms with E-state index < -0.39 is 215 Å². The molecule has 0 aromatic heterocycles. The zero-order chi connectivity index (χ0) is 86.9. The smallest absolute Gasteiger partial charge is 0.248 e. The summed E-state index contributed by atoms with van der Waals surface area (Å²) in [4.78, 5) is 114. The SMILES string of the molecule is CNC(=O)C(NC(=O)[C@@H]1NC(=O)[C@H](CC(N)=O)NC(=O)[C@H](NC(=O)[C@@H](CC(C)C)NC)[C@H](O)c2ccc(c(Cl)c2)Oc2cc1cc(Oc1ccc([C@H](C)O)cc1Cl)c2OC1OC(CO)C(O)C(O)C1OC1CC(C)(Nc2cccc(OCc3ccc(Cl)c(Cl)c3)c2)C(O)C(C)O1)c1ccc(O)c(-c2c(O)cc(O)cc2[C@H](NC(C)=O)C(N)=O)c1. The van der Waals surface area contributed by atoms with Gasteiger partial charge in [0.15, 0.2) is 23.9 Å². The van der Waals surface area contributed by atoms with Crippen LogP contribution in [-0.2, 0) is 59.2 Å². The van der Waals surface area contributed by atoms with Crippen LogP contribution in [0.25, 0.3) is 11.1 Å². The van der Waals surface area contributed by atoms with E-state index in [4.69, 9.17) is 91.0 Å². The van der Waals surface area contributed by atoms with Crippen molar-refractivity contribution in [3.05, 3.63) is 175 Å². The molecule has 21 N–H and O–H groups in total. The van der Waals surface area contributed by atoms with Gasteiger partial charge in [0.05, 0.1) is 56.9 Å². The number of fused-ring (bicyclic) bond motifs is 9. The second-order valence-corrected chi connectivity index (χ2v) is 31.1. The number of ether oxygens (including phenoxy) is 7. The summed E-state index contributed by atoms with van der Waals surface area (Å²) < 4.78 is 45.7. The summed E-state index contributed by atoms with van der Waals surface area (Å²) in [5, 5.41) is 125. The van der Waals surface area contributed by atoms with Crippen LogP contribution in [0.5, 0.6) is 51.7 Å². The minimum absolute atomic E-state index is 0.0972. The van der Waals surface area contributed by atoms with Crippen molar-refractivity contribution in [1.29, 1.82) is 0 Å². The van der Waals surface area contributed by atoms with Gasteiger partial charge in [0, 0.05) is 49.3 Å². The monoisotopic (exact) mass is 1730 g/mol. The topological polar surface area (TPSA) is 532 Å². The van der Waals surface area contributed by atoms with Gasteiger partial charge in [-0.15, -0.1) is 0 Å². The predicted octanol–water partition coefficient (Wildman–Crippen LogP) is 5.82. The summed E-state index contributed by atoms with van der Waals surface area (Å²) in [7, 11) is 2.64. The minimum atomic E-state index is -2.32. The second-order valence-electron chi connectivity index (χ2n) is 29.4. The molecular weight excluding hydrogens is 1640 g/mol. The molecule has 4 heterocycles. The molecule has 119 heavy (non-hydrogen) atoms. The van der Waals surface area contributed by atoms with E-state index in [9.17, 15) is 74.7 Å². The van der Waals surface area contributed by atoms with Gasteiger partial charge in [0.2, 0.25) is 59.3 Å². The van der Waals surface area contributed by atoms with E-state index in [-0.39, 0.29) is 69.2 Å². The van der Waals surface area contributed by atoms with Crippen LogP contribution in [0, 0.1) is 5.92 Å².